The minimum Gasteiger partial charge on any atom is -0.298 e. The molecule has 2 rings (SSSR count). The van der Waals surface area contributed by atoms with E-state index in [2.05, 4.69) is 49.2 Å². The van der Waals surface area contributed by atoms with E-state index in [1.165, 1.54) is 16.7 Å². The number of nitriles is 1. The van der Waals surface area contributed by atoms with Crippen molar-refractivity contribution in [3.63, 3.8) is 0 Å². The lowest BCUT2D eigenvalue weighted by atomic mass is 10.1. The number of hydrogen-bond donors (Lipinski definition) is 0. The van der Waals surface area contributed by atoms with Crippen LogP contribution in [0.15, 0.2) is 48.5 Å². The summed E-state index contributed by atoms with van der Waals surface area (Å²) in [4.78, 5) is 2.28. The highest BCUT2D eigenvalue weighted by Crippen LogP contribution is 2.12. The fourth-order valence-corrected chi connectivity index (χ4v) is 2.13. The van der Waals surface area contributed by atoms with Crippen LogP contribution in [-0.2, 0) is 13.1 Å². The molecule has 0 atom stereocenters. The zero-order valence-electron chi connectivity index (χ0n) is 11.4. The van der Waals surface area contributed by atoms with Crippen LogP contribution < -0.4 is 0 Å². The molecule has 0 N–H and O–H groups in total. The lowest BCUT2D eigenvalue weighted by molar-refractivity contribution is 0.318. The third kappa shape index (κ3) is 3.67. The van der Waals surface area contributed by atoms with Crippen molar-refractivity contribution in [2.75, 3.05) is 7.05 Å². The van der Waals surface area contributed by atoms with Crippen molar-refractivity contribution in [2.24, 2.45) is 0 Å². The number of rotatable bonds is 4. The highest BCUT2D eigenvalue weighted by molar-refractivity contribution is 5.31. The van der Waals surface area contributed by atoms with E-state index in [4.69, 9.17) is 5.26 Å². The third-order valence-electron chi connectivity index (χ3n) is 3.24. The van der Waals surface area contributed by atoms with Crippen LogP contribution in [0.1, 0.15) is 22.3 Å². The average Bonchev–Trinajstić information content (AvgIpc) is 2.42. The van der Waals surface area contributed by atoms with Crippen LogP contribution in [0.25, 0.3) is 0 Å². The molecule has 2 nitrogen and oxygen atoms in total. The molecule has 0 amide bonds. The van der Waals surface area contributed by atoms with E-state index in [1.807, 2.05) is 24.3 Å². The van der Waals surface area contributed by atoms with Gasteiger partial charge in [0.15, 0.2) is 0 Å². The second-order valence-electron chi connectivity index (χ2n) is 4.91. The first kappa shape index (κ1) is 13.3. The molecule has 96 valence electrons. The molecule has 0 saturated carbocycles. The molecule has 0 aliphatic rings. The van der Waals surface area contributed by atoms with E-state index in [0.717, 1.165) is 13.1 Å². The number of benzene rings is 2. The lowest BCUT2D eigenvalue weighted by Crippen LogP contribution is -2.17. The minimum absolute atomic E-state index is 0.713. The monoisotopic (exact) mass is 250 g/mol. The molecule has 0 fully saturated rings. The van der Waals surface area contributed by atoms with Crippen molar-refractivity contribution < 1.29 is 0 Å². The van der Waals surface area contributed by atoms with E-state index in [9.17, 15) is 0 Å². The Morgan fingerprint density at radius 3 is 2.32 bits per heavy atom. The van der Waals surface area contributed by atoms with Crippen LogP contribution in [0, 0.1) is 18.3 Å². The van der Waals surface area contributed by atoms with E-state index < -0.39 is 0 Å². The van der Waals surface area contributed by atoms with Crippen molar-refractivity contribution >= 4 is 0 Å². The maximum absolute atomic E-state index is 8.78. The molecule has 2 aromatic rings. The number of nitrogens with zero attached hydrogens (tertiary/aromatic N) is 2. The molecule has 0 aliphatic carbocycles. The van der Waals surface area contributed by atoms with Crippen LogP contribution in [0.2, 0.25) is 0 Å². The fourth-order valence-electron chi connectivity index (χ4n) is 2.13. The van der Waals surface area contributed by atoms with Gasteiger partial charge in [-0.25, -0.2) is 0 Å². The first-order valence-electron chi connectivity index (χ1n) is 6.41. The third-order valence-corrected chi connectivity index (χ3v) is 3.24. The summed E-state index contributed by atoms with van der Waals surface area (Å²) >= 11 is 0. The summed E-state index contributed by atoms with van der Waals surface area (Å²) in [5, 5.41) is 8.78. The van der Waals surface area contributed by atoms with Gasteiger partial charge in [-0.3, -0.25) is 4.90 Å². The number of aryl methyl sites for hydroxylation is 1. The molecule has 0 heterocycles. The summed E-state index contributed by atoms with van der Waals surface area (Å²) in [6.45, 7) is 3.97. The van der Waals surface area contributed by atoms with Crippen molar-refractivity contribution in [2.45, 2.75) is 20.0 Å². The molecule has 19 heavy (non-hydrogen) atoms. The SMILES string of the molecule is Cc1ccccc1CN(C)Cc1ccc(C#N)cc1. The standard InChI is InChI=1S/C17H18N2/c1-14-5-3-4-6-17(14)13-19(2)12-16-9-7-15(11-18)8-10-16/h3-10H,12-13H2,1-2H3. The smallest absolute Gasteiger partial charge is 0.0991 e. The zero-order chi connectivity index (χ0) is 13.7. The van der Waals surface area contributed by atoms with Gasteiger partial charge in [0, 0.05) is 13.1 Å². The van der Waals surface area contributed by atoms with Crippen molar-refractivity contribution in [1.82, 2.24) is 4.90 Å². The van der Waals surface area contributed by atoms with Gasteiger partial charge in [-0.15, -0.1) is 0 Å². The zero-order valence-corrected chi connectivity index (χ0v) is 11.4. The summed E-state index contributed by atoms with van der Waals surface area (Å²) in [5.74, 6) is 0. The molecular formula is C17H18N2. The Kier molecular flexibility index (Phi) is 4.33. The Morgan fingerprint density at radius 2 is 1.68 bits per heavy atom. The maximum atomic E-state index is 8.78. The lowest BCUT2D eigenvalue weighted by Gasteiger charge is -2.18. The summed E-state index contributed by atoms with van der Waals surface area (Å²) in [6.07, 6.45) is 0. The first-order valence-corrected chi connectivity index (χ1v) is 6.41. The molecule has 2 heteroatoms. The van der Waals surface area contributed by atoms with Crippen LogP contribution in [-0.4, -0.2) is 11.9 Å². The molecule has 0 radical (unpaired) electrons. The highest BCUT2D eigenvalue weighted by atomic mass is 15.1. The highest BCUT2D eigenvalue weighted by Gasteiger charge is 2.04. The van der Waals surface area contributed by atoms with Gasteiger partial charge < -0.3 is 0 Å². The van der Waals surface area contributed by atoms with E-state index in [0.29, 0.717) is 5.56 Å². The predicted molar refractivity (Wildman–Crippen MR) is 77.5 cm³/mol. The van der Waals surface area contributed by atoms with Gasteiger partial charge in [0.05, 0.1) is 11.6 Å². The Bertz CT molecular complexity index is 579. The largest absolute Gasteiger partial charge is 0.298 e. The van der Waals surface area contributed by atoms with E-state index >= 15 is 0 Å². The maximum Gasteiger partial charge on any atom is 0.0991 e. The molecule has 0 aliphatic heterocycles. The summed E-state index contributed by atoms with van der Waals surface area (Å²) in [5.41, 5.74) is 4.63. The molecule has 0 unspecified atom stereocenters. The van der Waals surface area contributed by atoms with Gasteiger partial charge >= 0.3 is 0 Å². The molecule has 0 saturated heterocycles. The van der Waals surface area contributed by atoms with Gasteiger partial charge in [0.2, 0.25) is 0 Å². The second kappa shape index (κ2) is 6.17. The van der Waals surface area contributed by atoms with Crippen molar-refractivity contribution in [3.05, 3.63) is 70.8 Å². The van der Waals surface area contributed by atoms with E-state index in [-0.39, 0.29) is 0 Å². The summed E-state index contributed by atoms with van der Waals surface area (Å²) in [7, 11) is 2.12. The molecule has 0 aromatic heterocycles. The first-order chi connectivity index (χ1) is 9.19. The second-order valence-corrected chi connectivity index (χ2v) is 4.91. The van der Waals surface area contributed by atoms with E-state index in [1.54, 1.807) is 0 Å². The fraction of sp³-hybridized carbons (Fsp3) is 0.235. The van der Waals surface area contributed by atoms with Gasteiger partial charge in [0.1, 0.15) is 0 Å². The predicted octanol–water partition coefficient (Wildman–Crippen LogP) is 3.50. The topological polar surface area (TPSA) is 27.0 Å². The van der Waals surface area contributed by atoms with Crippen LogP contribution in [0.5, 0.6) is 0 Å². The Hall–Kier alpha value is -2.11. The Morgan fingerprint density at radius 1 is 1.00 bits per heavy atom. The van der Waals surface area contributed by atoms with Gasteiger partial charge in [-0.2, -0.15) is 5.26 Å². The van der Waals surface area contributed by atoms with Crippen LogP contribution >= 0.6 is 0 Å². The van der Waals surface area contributed by atoms with Gasteiger partial charge in [-0.05, 0) is 42.8 Å². The van der Waals surface area contributed by atoms with Crippen molar-refractivity contribution in [1.29, 1.82) is 5.26 Å². The quantitative estimate of drug-likeness (QED) is 0.830. The molecular weight excluding hydrogens is 232 g/mol. The number of hydrogen-bond acceptors (Lipinski definition) is 2. The minimum atomic E-state index is 0.713. The van der Waals surface area contributed by atoms with Crippen LogP contribution in [0.4, 0.5) is 0 Å². The van der Waals surface area contributed by atoms with Gasteiger partial charge in [-0.1, -0.05) is 36.4 Å². The van der Waals surface area contributed by atoms with Crippen molar-refractivity contribution in [3.8, 4) is 6.07 Å². The molecule has 0 bridgehead atoms. The Labute approximate surface area is 114 Å². The Balaban J connectivity index is 1.99. The normalized spacial score (nSPS) is 10.4. The summed E-state index contributed by atoms with van der Waals surface area (Å²) in [6, 6.07) is 18.4. The molecule has 0 spiro atoms. The van der Waals surface area contributed by atoms with Crippen LogP contribution in [0.3, 0.4) is 0 Å². The van der Waals surface area contributed by atoms with Gasteiger partial charge in [0.25, 0.3) is 0 Å². The molecule has 2 aromatic carbocycles. The average molecular weight is 250 g/mol. The summed E-state index contributed by atoms with van der Waals surface area (Å²) < 4.78 is 0.